The van der Waals surface area contributed by atoms with Crippen LogP contribution in [0.4, 0.5) is 0 Å². The Morgan fingerprint density at radius 3 is 2.34 bits per heavy atom. The lowest BCUT2D eigenvalue weighted by molar-refractivity contribution is 0.0988. The zero-order chi connectivity index (χ0) is 21.0. The van der Waals surface area contributed by atoms with Gasteiger partial charge in [-0.1, -0.05) is 42.5 Å². The van der Waals surface area contributed by atoms with Crippen molar-refractivity contribution in [2.75, 3.05) is 7.11 Å². The van der Waals surface area contributed by atoms with Gasteiger partial charge in [0, 0.05) is 6.42 Å². The molecule has 29 heavy (non-hydrogen) atoms. The number of carbonyl (C=O) groups is 1. The summed E-state index contributed by atoms with van der Waals surface area (Å²) in [6.07, 6.45) is 0.0206. The van der Waals surface area contributed by atoms with Crippen molar-refractivity contribution in [1.82, 2.24) is 4.57 Å². The van der Waals surface area contributed by atoms with Crippen LogP contribution in [-0.2, 0) is 13.0 Å². The molecule has 3 rings (SSSR count). The second-order valence-electron chi connectivity index (χ2n) is 6.64. The number of Topliss-reactive ketones (excluding diaryl/α,β-unsaturated/α-hetero) is 1. The van der Waals surface area contributed by atoms with E-state index in [-0.39, 0.29) is 35.4 Å². The first-order valence-corrected chi connectivity index (χ1v) is 9.02. The fraction of sp³-hybridized carbons (Fsp3) is 0.174. The van der Waals surface area contributed by atoms with E-state index >= 15 is 0 Å². The van der Waals surface area contributed by atoms with Gasteiger partial charge in [0.05, 0.1) is 19.2 Å². The van der Waals surface area contributed by atoms with Crippen LogP contribution < -0.4 is 10.3 Å². The van der Waals surface area contributed by atoms with E-state index in [9.17, 15) is 20.0 Å². The zero-order valence-corrected chi connectivity index (χ0v) is 16.2. The molecule has 0 saturated heterocycles. The summed E-state index contributed by atoms with van der Waals surface area (Å²) in [5.41, 5.74) is 0.926. The lowest BCUT2D eigenvalue weighted by atomic mass is 9.97. The van der Waals surface area contributed by atoms with Crippen molar-refractivity contribution in [3.8, 4) is 17.7 Å². The summed E-state index contributed by atoms with van der Waals surface area (Å²) in [5.74, 6) is -0.124. The molecule has 0 aliphatic rings. The molecule has 146 valence electrons. The zero-order valence-electron chi connectivity index (χ0n) is 16.2. The summed E-state index contributed by atoms with van der Waals surface area (Å²) in [6, 6.07) is 17.9. The second kappa shape index (κ2) is 8.44. The fourth-order valence-corrected chi connectivity index (χ4v) is 3.21. The van der Waals surface area contributed by atoms with Gasteiger partial charge in [-0.25, -0.2) is 0 Å². The Balaban J connectivity index is 2.05. The number of pyridine rings is 1. The molecule has 0 spiro atoms. The van der Waals surface area contributed by atoms with Crippen LogP contribution >= 0.6 is 0 Å². The van der Waals surface area contributed by atoms with Gasteiger partial charge in [0.25, 0.3) is 5.56 Å². The highest BCUT2D eigenvalue weighted by molar-refractivity contribution is 6.01. The SMILES string of the molecule is COc1ccc(CC(=O)c2c(C)c(C#N)c(=O)n(Cc3ccccc3)c2O)cc1. The highest BCUT2D eigenvalue weighted by atomic mass is 16.5. The van der Waals surface area contributed by atoms with Gasteiger partial charge in [-0.3, -0.25) is 14.2 Å². The van der Waals surface area contributed by atoms with Crippen molar-refractivity contribution in [2.45, 2.75) is 19.9 Å². The molecule has 1 heterocycles. The van der Waals surface area contributed by atoms with Crippen LogP contribution in [0.2, 0.25) is 0 Å². The number of hydrogen-bond donors (Lipinski definition) is 1. The number of methoxy groups -OCH3 is 1. The van der Waals surface area contributed by atoms with Crippen molar-refractivity contribution in [3.63, 3.8) is 0 Å². The highest BCUT2D eigenvalue weighted by Crippen LogP contribution is 2.25. The molecule has 1 N–H and O–H groups in total. The number of carbonyl (C=O) groups excluding carboxylic acids is 1. The van der Waals surface area contributed by atoms with Crippen molar-refractivity contribution in [1.29, 1.82) is 5.26 Å². The standard InChI is InChI=1S/C23H20N2O4/c1-15-19(13-24)22(27)25(14-17-6-4-3-5-7-17)23(28)21(15)20(26)12-16-8-10-18(29-2)11-9-16/h3-11,28H,12,14H2,1-2H3. The fourth-order valence-electron chi connectivity index (χ4n) is 3.21. The number of aromatic nitrogens is 1. The monoisotopic (exact) mass is 388 g/mol. The van der Waals surface area contributed by atoms with Crippen molar-refractivity contribution in [2.24, 2.45) is 0 Å². The van der Waals surface area contributed by atoms with Gasteiger partial charge in [-0.2, -0.15) is 5.26 Å². The molecular weight excluding hydrogens is 368 g/mol. The number of aromatic hydroxyl groups is 1. The summed E-state index contributed by atoms with van der Waals surface area (Å²) < 4.78 is 6.19. The first-order chi connectivity index (χ1) is 14.0. The number of ether oxygens (including phenoxy) is 1. The van der Waals surface area contributed by atoms with Gasteiger partial charge in [0.1, 0.15) is 17.4 Å². The Morgan fingerprint density at radius 2 is 1.76 bits per heavy atom. The van der Waals surface area contributed by atoms with Crippen LogP contribution in [0.5, 0.6) is 11.6 Å². The summed E-state index contributed by atoms with van der Waals surface area (Å²) in [6.45, 7) is 1.57. The van der Waals surface area contributed by atoms with Gasteiger partial charge in [-0.05, 0) is 35.7 Å². The molecule has 0 bridgehead atoms. The third-order valence-corrected chi connectivity index (χ3v) is 4.79. The van der Waals surface area contributed by atoms with Gasteiger partial charge in [0.15, 0.2) is 5.78 Å². The van der Waals surface area contributed by atoms with E-state index in [0.717, 1.165) is 15.7 Å². The van der Waals surface area contributed by atoms with E-state index in [1.165, 1.54) is 6.92 Å². The Labute approximate surface area is 168 Å². The van der Waals surface area contributed by atoms with E-state index in [2.05, 4.69) is 0 Å². The molecule has 6 heteroatoms. The Hall–Kier alpha value is -3.85. The molecule has 0 atom stereocenters. The molecule has 0 saturated carbocycles. The third-order valence-electron chi connectivity index (χ3n) is 4.79. The van der Waals surface area contributed by atoms with Crippen LogP contribution in [0.3, 0.4) is 0 Å². The minimum Gasteiger partial charge on any atom is -0.497 e. The minimum atomic E-state index is -0.618. The molecule has 0 aliphatic carbocycles. The van der Waals surface area contributed by atoms with Crippen molar-refractivity contribution >= 4 is 5.78 Å². The van der Waals surface area contributed by atoms with E-state index < -0.39 is 11.4 Å². The molecule has 0 aliphatic heterocycles. The van der Waals surface area contributed by atoms with Gasteiger partial charge < -0.3 is 9.84 Å². The van der Waals surface area contributed by atoms with Crippen LogP contribution in [0.1, 0.15) is 32.6 Å². The Morgan fingerprint density at radius 1 is 1.10 bits per heavy atom. The number of benzene rings is 2. The molecule has 0 amide bonds. The molecule has 3 aromatic rings. The first kappa shape index (κ1) is 19.9. The maximum Gasteiger partial charge on any atom is 0.271 e. The topological polar surface area (TPSA) is 92.3 Å². The molecule has 2 aromatic carbocycles. The second-order valence-corrected chi connectivity index (χ2v) is 6.64. The first-order valence-electron chi connectivity index (χ1n) is 9.02. The van der Waals surface area contributed by atoms with Crippen molar-refractivity contribution < 1.29 is 14.6 Å². The minimum absolute atomic E-state index is 0.00657. The summed E-state index contributed by atoms with van der Waals surface area (Å²) in [5, 5.41) is 20.2. The van der Waals surface area contributed by atoms with Gasteiger partial charge >= 0.3 is 0 Å². The van der Waals surface area contributed by atoms with Crippen LogP contribution in [0, 0.1) is 18.3 Å². The number of nitrogens with zero attached hydrogens (tertiary/aromatic N) is 2. The highest BCUT2D eigenvalue weighted by Gasteiger charge is 2.24. The molecular formula is C23H20N2O4. The normalized spacial score (nSPS) is 10.4. The molecule has 1 aromatic heterocycles. The number of hydrogen-bond acceptors (Lipinski definition) is 5. The van der Waals surface area contributed by atoms with E-state index in [0.29, 0.717) is 5.75 Å². The smallest absolute Gasteiger partial charge is 0.271 e. The number of rotatable bonds is 6. The maximum absolute atomic E-state index is 13.0. The number of nitriles is 1. The average Bonchev–Trinajstić information content (AvgIpc) is 2.73. The molecule has 0 fully saturated rings. The number of ketones is 1. The van der Waals surface area contributed by atoms with E-state index in [1.807, 2.05) is 24.3 Å². The lowest BCUT2D eigenvalue weighted by Gasteiger charge is -2.16. The van der Waals surface area contributed by atoms with Crippen LogP contribution in [-0.4, -0.2) is 22.6 Å². The lowest BCUT2D eigenvalue weighted by Crippen LogP contribution is -2.27. The molecule has 0 unspecified atom stereocenters. The molecule has 0 radical (unpaired) electrons. The van der Waals surface area contributed by atoms with Gasteiger partial charge in [-0.15, -0.1) is 0 Å². The van der Waals surface area contributed by atoms with Crippen LogP contribution in [0.25, 0.3) is 0 Å². The average molecular weight is 388 g/mol. The van der Waals surface area contributed by atoms with Crippen LogP contribution in [0.15, 0.2) is 59.4 Å². The third kappa shape index (κ3) is 4.04. The van der Waals surface area contributed by atoms with Crippen molar-refractivity contribution in [3.05, 3.63) is 92.8 Å². The summed E-state index contributed by atoms with van der Waals surface area (Å²) in [7, 11) is 1.56. The van der Waals surface area contributed by atoms with E-state index in [4.69, 9.17) is 4.74 Å². The Kier molecular flexibility index (Phi) is 5.79. The largest absolute Gasteiger partial charge is 0.497 e. The summed E-state index contributed by atoms with van der Waals surface area (Å²) in [4.78, 5) is 25.7. The predicted octanol–water partition coefficient (Wildman–Crippen LogP) is 3.22. The quantitative estimate of drug-likeness (QED) is 0.655. The van der Waals surface area contributed by atoms with E-state index in [1.54, 1.807) is 43.5 Å². The Bertz CT molecular complexity index is 1140. The van der Waals surface area contributed by atoms with Gasteiger partial charge in [0.2, 0.25) is 5.88 Å². The maximum atomic E-state index is 13.0. The molecule has 6 nitrogen and oxygen atoms in total. The predicted molar refractivity (Wildman–Crippen MR) is 108 cm³/mol. The summed E-state index contributed by atoms with van der Waals surface area (Å²) >= 11 is 0.